The highest BCUT2D eigenvalue weighted by Crippen LogP contribution is 2.27. The number of carbonyl (C=O) groups is 3. The van der Waals surface area contributed by atoms with Crippen LogP contribution in [-0.2, 0) is 27.3 Å². The molecule has 1 aliphatic rings. The maximum absolute atomic E-state index is 13.0. The minimum Gasteiger partial charge on any atom is -0.497 e. The Kier molecular flexibility index (Phi) is 11.4. The van der Waals surface area contributed by atoms with E-state index in [1.807, 2.05) is 0 Å². The number of carboxylic acid groups (broad SMARTS) is 1. The van der Waals surface area contributed by atoms with E-state index in [1.165, 1.54) is 19.1 Å². The van der Waals surface area contributed by atoms with Crippen molar-refractivity contribution in [2.75, 3.05) is 20.8 Å². The van der Waals surface area contributed by atoms with Crippen LogP contribution in [-0.4, -0.2) is 71.6 Å². The Bertz CT molecular complexity index is 1170. The van der Waals surface area contributed by atoms with Gasteiger partial charge in [-0.25, -0.2) is 0 Å². The maximum atomic E-state index is 13.0. The van der Waals surface area contributed by atoms with Crippen molar-refractivity contribution in [3.05, 3.63) is 58.1 Å². The molecule has 6 N–H and O–H groups in total. The van der Waals surface area contributed by atoms with E-state index in [0.717, 1.165) is 6.92 Å². The van der Waals surface area contributed by atoms with Crippen molar-refractivity contribution in [3.63, 3.8) is 0 Å². The van der Waals surface area contributed by atoms with Crippen molar-refractivity contribution < 1.29 is 34.1 Å². The van der Waals surface area contributed by atoms with Crippen LogP contribution in [0.3, 0.4) is 0 Å². The van der Waals surface area contributed by atoms with Crippen molar-refractivity contribution >= 4 is 35.2 Å². The first-order chi connectivity index (χ1) is 18.0. The Labute approximate surface area is 226 Å². The van der Waals surface area contributed by atoms with Gasteiger partial charge in [0.15, 0.2) is 0 Å². The van der Waals surface area contributed by atoms with Gasteiger partial charge in [0.1, 0.15) is 29.5 Å². The second kappa shape index (κ2) is 14.2. The zero-order valence-electron chi connectivity index (χ0n) is 21.5. The Hall–Kier alpha value is -3.83. The molecule has 2 aromatic carbocycles. The number of aliphatic hydroxyl groups is 1. The lowest BCUT2D eigenvalue weighted by Gasteiger charge is -2.26. The molecule has 1 fully saturated rings. The fourth-order valence-corrected chi connectivity index (χ4v) is 4.24. The predicted octanol–water partition coefficient (Wildman–Crippen LogP) is 1.94. The Balaban J connectivity index is 0.00000118. The predicted molar refractivity (Wildman–Crippen MR) is 142 cm³/mol. The van der Waals surface area contributed by atoms with Gasteiger partial charge in [0.05, 0.1) is 14.2 Å². The molecule has 1 aliphatic heterocycles. The molecule has 2 amide bonds. The highest BCUT2D eigenvalue weighted by molar-refractivity contribution is 6.31. The lowest BCUT2D eigenvalue weighted by atomic mass is 10.0. The average Bonchev–Trinajstić information content (AvgIpc) is 3.37. The van der Waals surface area contributed by atoms with Gasteiger partial charge in [-0.05, 0) is 42.7 Å². The number of carboxylic acids is 1. The SMILES string of the molecule is CC(=O)O.COc1ccc(OC)c(CC(O)C(=O)N2CCCC2C(=O)NCc2ccc(C(=N)N)cc2Cl)c1. The summed E-state index contributed by atoms with van der Waals surface area (Å²) in [7, 11) is 3.05. The molecule has 0 bridgehead atoms. The summed E-state index contributed by atoms with van der Waals surface area (Å²) in [4.78, 5) is 36.3. The number of amidine groups is 1. The van der Waals surface area contributed by atoms with E-state index in [-0.39, 0.29) is 24.7 Å². The van der Waals surface area contributed by atoms with Crippen LogP contribution in [0, 0.1) is 5.41 Å². The number of nitrogens with two attached hydrogens (primary N) is 1. The number of aliphatic carboxylic acids is 1. The van der Waals surface area contributed by atoms with Gasteiger partial charge in [-0.3, -0.25) is 19.8 Å². The van der Waals surface area contributed by atoms with Gasteiger partial charge in [0, 0.05) is 42.6 Å². The summed E-state index contributed by atoms with van der Waals surface area (Å²) in [6.45, 7) is 1.63. The Morgan fingerprint density at radius 3 is 2.45 bits per heavy atom. The third kappa shape index (κ3) is 8.35. The molecule has 0 aliphatic carbocycles. The van der Waals surface area contributed by atoms with E-state index in [2.05, 4.69) is 5.32 Å². The smallest absolute Gasteiger partial charge is 0.300 e. The van der Waals surface area contributed by atoms with Crippen molar-refractivity contribution in [2.24, 2.45) is 5.73 Å². The molecule has 0 spiro atoms. The minimum atomic E-state index is -1.33. The number of nitrogens with one attached hydrogen (secondary N) is 2. The van der Waals surface area contributed by atoms with Crippen molar-refractivity contribution in [3.8, 4) is 11.5 Å². The lowest BCUT2D eigenvalue weighted by molar-refractivity contribution is -0.145. The number of methoxy groups -OCH3 is 2. The zero-order valence-corrected chi connectivity index (χ0v) is 22.2. The number of hydrogen-bond donors (Lipinski definition) is 5. The molecule has 1 heterocycles. The van der Waals surface area contributed by atoms with Crippen molar-refractivity contribution in [1.29, 1.82) is 5.41 Å². The number of amides is 2. The van der Waals surface area contributed by atoms with E-state index in [0.29, 0.717) is 52.6 Å². The molecule has 11 nitrogen and oxygen atoms in total. The molecular weight excluding hydrogens is 516 g/mol. The first kappa shape index (κ1) is 30.4. The van der Waals surface area contributed by atoms with Crippen molar-refractivity contribution in [2.45, 2.75) is 44.9 Å². The average molecular weight is 549 g/mol. The molecule has 206 valence electrons. The largest absolute Gasteiger partial charge is 0.497 e. The normalized spacial score (nSPS) is 15.1. The number of nitrogen functional groups attached to an aromatic ring is 1. The summed E-state index contributed by atoms with van der Waals surface area (Å²) >= 11 is 6.24. The van der Waals surface area contributed by atoms with E-state index in [4.69, 9.17) is 42.1 Å². The van der Waals surface area contributed by atoms with Crippen LogP contribution < -0.4 is 20.5 Å². The summed E-state index contributed by atoms with van der Waals surface area (Å²) in [5.41, 5.74) is 7.26. The molecule has 38 heavy (non-hydrogen) atoms. The van der Waals surface area contributed by atoms with Crippen LogP contribution in [0.4, 0.5) is 0 Å². The van der Waals surface area contributed by atoms with Gasteiger partial charge >= 0.3 is 0 Å². The number of hydrogen-bond acceptors (Lipinski definition) is 7. The molecule has 0 radical (unpaired) electrons. The summed E-state index contributed by atoms with van der Waals surface area (Å²) in [6.07, 6.45) is -0.137. The number of carbonyl (C=O) groups excluding carboxylic acids is 2. The quantitative estimate of drug-likeness (QED) is 0.233. The molecule has 0 saturated carbocycles. The van der Waals surface area contributed by atoms with E-state index in [9.17, 15) is 14.7 Å². The first-order valence-electron chi connectivity index (χ1n) is 11.8. The van der Waals surface area contributed by atoms with E-state index in [1.54, 1.807) is 36.4 Å². The molecule has 2 unspecified atom stereocenters. The summed E-state index contributed by atoms with van der Waals surface area (Å²) < 4.78 is 10.6. The van der Waals surface area contributed by atoms with Crippen LogP contribution in [0.5, 0.6) is 11.5 Å². The maximum Gasteiger partial charge on any atom is 0.300 e. The Morgan fingerprint density at radius 1 is 1.18 bits per heavy atom. The number of likely N-dealkylation sites (tertiary alicyclic amines) is 1. The summed E-state index contributed by atoms with van der Waals surface area (Å²) in [5, 5.41) is 28.8. The van der Waals surface area contributed by atoms with Crippen LogP contribution >= 0.6 is 11.6 Å². The van der Waals surface area contributed by atoms with Crippen LogP contribution in [0.15, 0.2) is 36.4 Å². The van der Waals surface area contributed by atoms with Gasteiger partial charge in [-0.1, -0.05) is 23.7 Å². The molecule has 0 aromatic heterocycles. The number of aliphatic hydroxyl groups excluding tert-OH is 1. The third-order valence-electron chi connectivity index (χ3n) is 5.84. The second-order valence-electron chi connectivity index (χ2n) is 8.54. The van der Waals surface area contributed by atoms with Crippen LogP contribution in [0.1, 0.15) is 36.5 Å². The standard InChI is InChI=1S/C24H29ClN4O5.C2H4O2/c1-33-17-7-8-21(34-2)16(10-17)12-20(30)24(32)29-9-3-4-19(29)23(31)28-13-15-6-5-14(22(26)27)11-18(15)25;1-2(3)4/h5-8,10-11,19-20,30H,3-4,9,12-13H2,1-2H3,(H3,26,27)(H,28,31);1H3,(H,3,4). The topological polar surface area (TPSA) is 175 Å². The lowest BCUT2D eigenvalue weighted by Crippen LogP contribution is -2.49. The van der Waals surface area contributed by atoms with Gasteiger partial charge < -0.3 is 35.6 Å². The molecular formula is C26H33ClN4O7. The fourth-order valence-electron chi connectivity index (χ4n) is 3.99. The monoisotopic (exact) mass is 548 g/mol. The molecule has 12 heteroatoms. The first-order valence-corrected chi connectivity index (χ1v) is 12.2. The number of benzene rings is 2. The number of nitrogens with zero attached hydrogens (tertiary/aromatic N) is 1. The number of rotatable bonds is 9. The zero-order chi connectivity index (χ0) is 28.4. The van der Waals surface area contributed by atoms with Crippen molar-refractivity contribution in [1.82, 2.24) is 10.2 Å². The third-order valence-corrected chi connectivity index (χ3v) is 6.19. The van der Waals surface area contributed by atoms with Crippen LogP contribution in [0.2, 0.25) is 5.02 Å². The van der Waals surface area contributed by atoms with E-state index < -0.39 is 24.0 Å². The fraction of sp³-hybridized carbons (Fsp3) is 0.385. The highest BCUT2D eigenvalue weighted by Gasteiger charge is 2.36. The summed E-state index contributed by atoms with van der Waals surface area (Å²) in [6, 6.07) is 9.41. The molecule has 2 aromatic rings. The number of halogens is 1. The van der Waals surface area contributed by atoms with Gasteiger partial charge in [0.2, 0.25) is 5.91 Å². The number of ether oxygens (including phenoxy) is 2. The minimum absolute atomic E-state index is 0.0299. The van der Waals surface area contributed by atoms with E-state index >= 15 is 0 Å². The molecule has 2 atom stereocenters. The van der Waals surface area contributed by atoms with Gasteiger partial charge in [0.25, 0.3) is 11.9 Å². The second-order valence-corrected chi connectivity index (χ2v) is 8.95. The van der Waals surface area contributed by atoms with Gasteiger partial charge in [-0.15, -0.1) is 0 Å². The molecule has 3 rings (SSSR count). The van der Waals surface area contributed by atoms with Gasteiger partial charge in [-0.2, -0.15) is 0 Å². The highest BCUT2D eigenvalue weighted by atomic mass is 35.5. The molecule has 1 saturated heterocycles. The van der Waals surface area contributed by atoms with Crippen LogP contribution in [0.25, 0.3) is 0 Å². The summed E-state index contributed by atoms with van der Waals surface area (Å²) in [5.74, 6) is -0.627. The Morgan fingerprint density at radius 2 is 1.87 bits per heavy atom.